The Morgan fingerprint density at radius 1 is 0.593 bits per heavy atom. The van der Waals surface area contributed by atoms with Crippen LogP contribution in [-0.4, -0.2) is 9.97 Å². The van der Waals surface area contributed by atoms with E-state index < -0.39 is 0 Å². The molecule has 0 unspecified atom stereocenters. The van der Waals surface area contributed by atoms with Crippen LogP contribution in [0.2, 0.25) is 0 Å². The number of benzene rings is 4. The van der Waals surface area contributed by atoms with Crippen molar-refractivity contribution in [2.24, 2.45) is 0 Å². The van der Waals surface area contributed by atoms with Crippen molar-refractivity contribution in [3.05, 3.63) is 96.7 Å². The molecule has 0 bridgehead atoms. The lowest BCUT2D eigenvalue weighted by Crippen LogP contribution is -1.96. The van der Waals surface area contributed by atoms with Crippen LogP contribution >= 0.6 is 0 Å². The fraction of sp³-hybridized carbons (Fsp3) is 0.0400. The second kappa shape index (κ2) is 6.33. The van der Waals surface area contributed by atoms with Crippen LogP contribution in [0.25, 0.3) is 44.2 Å². The lowest BCUT2D eigenvalue weighted by atomic mass is 9.96. The van der Waals surface area contributed by atoms with Crippen LogP contribution < -0.4 is 0 Å². The van der Waals surface area contributed by atoms with E-state index in [-0.39, 0.29) is 0 Å². The Morgan fingerprint density at radius 3 is 2.15 bits per heavy atom. The minimum atomic E-state index is 0.937. The molecule has 0 aliphatic rings. The maximum atomic E-state index is 5.10. The summed E-state index contributed by atoms with van der Waals surface area (Å²) in [7, 11) is 0. The van der Waals surface area contributed by atoms with E-state index in [4.69, 9.17) is 9.97 Å². The first-order chi connectivity index (χ1) is 13.3. The maximum absolute atomic E-state index is 5.10. The van der Waals surface area contributed by atoms with E-state index >= 15 is 0 Å². The van der Waals surface area contributed by atoms with Crippen molar-refractivity contribution in [3.63, 3.8) is 0 Å². The molecular formula is C25H18N2. The minimum Gasteiger partial charge on any atom is -0.249 e. The number of nitrogens with zero attached hydrogens (tertiary/aromatic N) is 2. The van der Waals surface area contributed by atoms with Gasteiger partial charge in [-0.2, -0.15) is 0 Å². The highest BCUT2D eigenvalue weighted by Gasteiger charge is 2.14. The lowest BCUT2D eigenvalue weighted by molar-refractivity contribution is 1.19. The monoisotopic (exact) mass is 346 g/mol. The normalized spacial score (nSPS) is 11.1. The van der Waals surface area contributed by atoms with Crippen molar-refractivity contribution in [1.29, 1.82) is 0 Å². The van der Waals surface area contributed by atoms with Crippen LogP contribution in [0.5, 0.6) is 0 Å². The molecule has 0 N–H and O–H groups in total. The first-order valence-electron chi connectivity index (χ1n) is 9.12. The molecule has 2 nitrogen and oxygen atoms in total. The third-order valence-corrected chi connectivity index (χ3v) is 5.00. The number of fused-ring (bicyclic) bond motifs is 3. The van der Waals surface area contributed by atoms with Crippen molar-refractivity contribution in [2.45, 2.75) is 6.92 Å². The molecule has 1 aromatic heterocycles. The fourth-order valence-electron chi connectivity index (χ4n) is 3.69. The number of hydrogen-bond acceptors (Lipinski definition) is 2. The molecule has 0 fully saturated rings. The summed E-state index contributed by atoms with van der Waals surface area (Å²) in [6, 6.07) is 31.4. The molecule has 0 radical (unpaired) electrons. The van der Waals surface area contributed by atoms with Gasteiger partial charge >= 0.3 is 0 Å². The third-order valence-electron chi connectivity index (χ3n) is 5.00. The Kier molecular flexibility index (Phi) is 3.68. The molecule has 4 aromatic carbocycles. The van der Waals surface area contributed by atoms with E-state index in [1.165, 1.54) is 16.5 Å². The van der Waals surface area contributed by atoms with Crippen molar-refractivity contribution in [3.8, 4) is 22.4 Å². The lowest BCUT2D eigenvalue weighted by Gasteiger charge is -2.13. The SMILES string of the molecule is Cc1nc2ccc3ccccc3c2nc1-c1ccccc1-c1ccccc1. The first-order valence-corrected chi connectivity index (χ1v) is 9.12. The third kappa shape index (κ3) is 2.67. The Hall–Kier alpha value is -3.52. The Morgan fingerprint density at radius 2 is 1.30 bits per heavy atom. The highest BCUT2D eigenvalue weighted by Crippen LogP contribution is 2.34. The molecule has 27 heavy (non-hydrogen) atoms. The standard InChI is InChI=1S/C25H18N2/c1-17-24(22-14-8-7-12-20(22)18-9-3-2-4-10-18)27-25-21-13-6-5-11-19(21)15-16-23(25)26-17/h2-16H,1H3. The second-order valence-electron chi connectivity index (χ2n) is 6.72. The Balaban J connectivity index is 1.82. The second-order valence-corrected chi connectivity index (χ2v) is 6.72. The van der Waals surface area contributed by atoms with Crippen molar-refractivity contribution < 1.29 is 0 Å². The number of hydrogen-bond donors (Lipinski definition) is 0. The molecule has 0 aliphatic heterocycles. The van der Waals surface area contributed by atoms with Crippen molar-refractivity contribution in [2.75, 3.05) is 0 Å². The summed E-state index contributed by atoms with van der Waals surface area (Å²) in [5, 5.41) is 2.33. The average molecular weight is 346 g/mol. The molecule has 5 aromatic rings. The molecule has 0 amide bonds. The van der Waals surface area contributed by atoms with Crippen LogP contribution in [0, 0.1) is 6.92 Å². The molecular weight excluding hydrogens is 328 g/mol. The van der Waals surface area contributed by atoms with Gasteiger partial charge in [0.25, 0.3) is 0 Å². The predicted molar refractivity (Wildman–Crippen MR) is 113 cm³/mol. The van der Waals surface area contributed by atoms with Gasteiger partial charge in [0.15, 0.2) is 0 Å². The van der Waals surface area contributed by atoms with Crippen LogP contribution in [0.4, 0.5) is 0 Å². The topological polar surface area (TPSA) is 25.8 Å². The minimum absolute atomic E-state index is 0.937. The molecule has 0 saturated carbocycles. The number of rotatable bonds is 2. The van der Waals surface area contributed by atoms with Gasteiger partial charge in [-0.05, 0) is 29.5 Å². The van der Waals surface area contributed by atoms with Gasteiger partial charge in [0.1, 0.15) is 0 Å². The van der Waals surface area contributed by atoms with Crippen LogP contribution in [0.15, 0.2) is 91.0 Å². The zero-order valence-electron chi connectivity index (χ0n) is 15.1. The van der Waals surface area contributed by atoms with Gasteiger partial charge < -0.3 is 0 Å². The largest absolute Gasteiger partial charge is 0.249 e. The van der Waals surface area contributed by atoms with E-state index in [2.05, 4.69) is 84.9 Å². The average Bonchev–Trinajstić information content (AvgIpc) is 2.74. The van der Waals surface area contributed by atoms with Crippen LogP contribution in [0.3, 0.4) is 0 Å². The molecule has 0 saturated heterocycles. The summed E-state index contributed by atoms with van der Waals surface area (Å²) >= 11 is 0. The smallest absolute Gasteiger partial charge is 0.0972 e. The molecule has 5 rings (SSSR count). The van der Waals surface area contributed by atoms with Crippen LogP contribution in [-0.2, 0) is 0 Å². The fourth-order valence-corrected chi connectivity index (χ4v) is 3.69. The molecule has 0 spiro atoms. The zero-order valence-corrected chi connectivity index (χ0v) is 15.1. The zero-order chi connectivity index (χ0) is 18.2. The van der Waals surface area contributed by atoms with Gasteiger partial charge in [-0.15, -0.1) is 0 Å². The van der Waals surface area contributed by atoms with Crippen molar-refractivity contribution in [1.82, 2.24) is 9.97 Å². The number of aromatic nitrogens is 2. The van der Waals surface area contributed by atoms with Gasteiger partial charge in [-0.25, -0.2) is 9.97 Å². The van der Waals surface area contributed by atoms with Gasteiger partial charge in [-0.3, -0.25) is 0 Å². The van der Waals surface area contributed by atoms with E-state index in [0.717, 1.165) is 33.4 Å². The molecule has 1 heterocycles. The van der Waals surface area contributed by atoms with Gasteiger partial charge in [0, 0.05) is 10.9 Å². The first kappa shape index (κ1) is 15.7. The maximum Gasteiger partial charge on any atom is 0.0972 e. The van der Waals surface area contributed by atoms with Gasteiger partial charge in [0.2, 0.25) is 0 Å². The number of aryl methyl sites for hydroxylation is 1. The summed E-state index contributed by atoms with van der Waals surface area (Å²) in [6.45, 7) is 2.04. The molecule has 128 valence electrons. The Labute approximate surface area is 158 Å². The summed E-state index contributed by atoms with van der Waals surface area (Å²) in [6.07, 6.45) is 0. The van der Waals surface area contributed by atoms with E-state index in [9.17, 15) is 0 Å². The van der Waals surface area contributed by atoms with Gasteiger partial charge in [-0.1, -0.05) is 84.9 Å². The molecule has 0 atom stereocenters. The van der Waals surface area contributed by atoms with E-state index in [0.29, 0.717) is 0 Å². The summed E-state index contributed by atoms with van der Waals surface area (Å²) < 4.78 is 0. The predicted octanol–water partition coefficient (Wildman–Crippen LogP) is 6.43. The van der Waals surface area contributed by atoms with Crippen molar-refractivity contribution >= 4 is 21.8 Å². The summed E-state index contributed by atoms with van der Waals surface area (Å²) in [4.78, 5) is 9.97. The molecule has 2 heteroatoms. The quantitative estimate of drug-likeness (QED) is 0.344. The van der Waals surface area contributed by atoms with E-state index in [1.807, 2.05) is 13.0 Å². The van der Waals surface area contributed by atoms with Gasteiger partial charge in [0.05, 0.1) is 22.4 Å². The van der Waals surface area contributed by atoms with E-state index in [1.54, 1.807) is 0 Å². The highest BCUT2D eigenvalue weighted by molar-refractivity contribution is 6.04. The van der Waals surface area contributed by atoms with Crippen LogP contribution in [0.1, 0.15) is 5.69 Å². The molecule has 0 aliphatic carbocycles. The highest BCUT2D eigenvalue weighted by atomic mass is 14.8. The summed E-state index contributed by atoms with van der Waals surface area (Å²) in [5.74, 6) is 0. The summed E-state index contributed by atoms with van der Waals surface area (Å²) in [5.41, 5.74) is 7.26. The Bertz CT molecular complexity index is 1270.